The Labute approximate surface area is 120 Å². The lowest BCUT2D eigenvalue weighted by atomic mass is 10.2. The summed E-state index contributed by atoms with van der Waals surface area (Å²) in [5, 5.41) is 11.5. The van der Waals surface area contributed by atoms with Gasteiger partial charge in [0.2, 0.25) is 0 Å². The van der Waals surface area contributed by atoms with Crippen molar-refractivity contribution in [1.29, 1.82) is 0 Å². The molecule has 0 unspecified atom stereocenters. The lowest BCUT2D eigenvalue weighted by Crippen LogP contribution is -2.35. The van der Waals surface area contributed by atoms with E-state index in [2.05, 4.69) is 38.8 Å². The molecular formula is C13H24N6O. The molecule has 0 aromatic carbocycles. The Bertz CT molecular complexity index is 429. The molecule has 0 bridgehead atoms. The normalized spacial score (nSPS) is 12.2. The number of oxime groups is 1. The fraction of sp³-hybridized carbons (Fsp3) is 0.615. The molecule has 1 rings (SSSR count). The quantitative estimate of drug-likeness (QED) is 0.329. The largest absolute Gasteiger partial charge is 0.409 e. The number of anilines is 1. The average molecular weight is 280 g/mol. The van der Waals surface area contributed by atoms with Gasteiger partial charge in [0.05, 0.1) is 12.4 Å². The first-order valence-corrected chi connectivity index (χ1v) is 6.63. The van der Waals surface area contributed by atoms with Crippen molar-refractivity contribution in [3.63, 3.8) is 0 Å². The number of likely N-dealkylation sites (N-methyl/N-ethyl adjacent to an activating group) is 1. The molecule has 3 N–H and O–H groups in total. The highest BCUT2D eigenvalue weighted by Crippen LogP contribution is 2.11. The highest BCUT2D eigenvalue weighted by molar-refractivity contribution is 5.94. The third kappa shape index (κ3) is 5.00. The van der Waals surface area contributed by atoms with Crippen molar-refractivity contribution in [2.24, 2.45) is 16.8 Å². The van der Waals surface area contributed by atoms with Crippen LogP contribution in [0.15, 0.2) is 17.5 Å². The summed E-state index contributed by atoms with van der Waals surface area (Å²) in [6.07, 6.45) is 3.18. The van der Waals surface area contributed by atoms with Gasteiger partial charge < -0.3 is 20.7 Å². The summed E-state index contributed by atoms with van der Waals surface area (Å²) in [5.74, 6) is 1.30. The van der Waals surface area contributed by atoms with Crippen molar-refractivity contribution in [3.05, 3.63) is 18.1 Å². The summed E-state index contributed by atoms with van der Waals surface area (Å²) in [6, 6.07) is 0. The summed E-state index contributed by atoms with van der Waals surface area (Å²) in [6.45, 7) is 7.06. The van der Waals surface area contributed by atoms with E-state index in [0.29, 0.717) is 11.6 Å². The van der Waals surface area contributed by atoms with Crippen LogP contribution in [0.25, 0.3) is 0 Å². The van der Waals surface area contributed by atoms with Crippen LogP contribution in [0, 0.1) is 5.92 Å². The summed E-state index contributed by atoms with van der Waals surface area (Å²) in [4.78, 5) is 12.8. The molecule has 0 amide bonds. The maximum Gasteiger partial charge on any atom is 0.190 e. The van der Waals surface area contributed by atoms with Crippen LogP contribution in [-0.4, -0.2) is 59.6 Å². The summed E-state index contributed by atoms with van der Waals surface area (Å²) >= 11 is 0. The number of rotatable bonds is 7. The van der Waals surface area contributed by atoms with Gasteiger partial charge in [0, 0.05) is 19.6 Å². The molecule has 20 heavy (non-hydrogen) atoms. The zero-order valence-corrected chi connectivity index (χ0v) is 12.6. The number of nitrogens with zero attached hydrogens (tertiary/aromatic N) is 5. The van der Waals surface area contributed by atoms with Gasteiger partial charge in [0.15, 0.2) is 5.84 Å². The van der Waals surface area contributed by atoms with E-state index < -0.39 is 0 Å². The predicted molar refractivity (Wildman–Crippen MR) is 80.1 cm³/mol. The SMILES string of the molecule is CC(C)CN(CCN(C)C)c1cnc(C(N)=NO)cn1. The molecular weight excluding hydrogens is 256 g/mol. The van der Waals surface area contributed by atoms with Gasteiger partial charge in [0.1, 0.15) is 11.5 Å². The minimum atomic E-state index is -0.0345. The Balaban J connectivity index is 2.84. The van der Waals surface area contributed by atoms with Gasteiger partial charge in [-0.25, -0.2) is 9.97 Å². The van der Waals surface area contributed by atoms with Gasteiger partial charge in [0.25, 0.3) is 0 Å². The molecule has 1 aromatic heterocycles. The second-order valence-corrected chi connectivity index (χ2v) is 5.39. The van der Waals surface area contributed by atoms with Crippen LogP contribution in [0.2, 0.25) is 0 Å². The molecule has 0 saturated heterocycles. The highest BCUT2D eigenvalue weighted by atomic mass is 16.4. The molecule has 112 valence electrons. The van der Waals surface area contributed by atoms with Crippen LogP contribution in [0.1, 0.15) is 19.5 Å². The minimum absolute atomic E-state index is 0.0345. The third-order valence-electron chi connectivity index (χ3n) is 2.74. The Morgan fingerprint density at radius 2 is 2.00 bits per heavy atom. The first-order valence-electron chi connectivity index (χ1n) is 6.63. The van der Waals surface area contributed by atoms with Crippen LogP contribution < -0.4 is 10.6 Å². The zero-order chi connectivity index (χ0) is 15.1. The second-order valence-electron chi connectivity index (χ2n) is 5.39. The Hall–Kier alpha value is -1.89. The first kappa shape index (κ1) is 16.2. The molecule has 1 aromatic rings. The van der Waals surface area contributed by atoms with E-state index in [4.69, 9.17) is 10.9 Å². The van der Waals surface area contributed by atoms with Gasteiger partial charge in [-0.2, -0.15) is 0 Å². The standard InChI is InChI=1S/C13H24N6O/c1-10(2)9-19(6-5-18(3)4)12-8-15-11(7-16-12)13(14)17-20/h7-8,10,20H,5-6,9H2,1-4H3,(H2,14,17). The van der Waals surface area contributed by atoms with Crippen molar-refractivity contribution in [2.75, 3.05) is 38.6 Å². The van der Waals surface area contributed by atoms with E-state index in [1.165, 1.54) is 6.20 Å². The highest BCUT2D eigenvalue weighted by Gasteiger charge is 2.11. The molecule has 7 heteroatoms. The van der Waals surface area contributed by atoms with E-state index >= 15 is 0 Å². The van der Waals surface area contributed by atoms with Crippen LogP contribution in [-0.2, 0) is 0 Å². The summed E-state index contributed by atoms with van der Waals surface area (Å²) in [5.41, 5.74) is 5.85. The van der Waals surface area contributed by atoms with Gasteiger partial charge in [-0.15, -0.1) is 0 Å². The van der Waals surface area contributed by atoms with Crippen molar-refractivity contribution in [2.45, 2.75) is 13.8 Å². The van der Waals surface area contributed by atoms with Gasteiger partial charge in [-0.05, 0) is 20.0 Å². The molecule has 0 saturated carbocycles. The predicted octanol–water partition coefficient (Wildman–Crippen LogP) is 0.595. The number of amidine groups is 1. The fourth-order valence-electron chi connectivity index (χ4n) is 1.73. The smallest absolute Gasteiger partial charge is 0.190 e. The molecule has 0 aliphatic heterocycles. The van der Waals surface area contributed by atoms with Crippen molar-refractivity contribution in [3.8, 4) is 0 Å². The first-order chi connectivity index (χ1) is 9.43. The molecule has 0 radical (unpaired) electrons. The average Bonchev–Trinajstić information content (AvgIpc) is 2.42. The molecule has 0 aliphatic rings. The number of hydrogen-bond acceptors (Lipinski definition) is 6. The van der Waals surface area contributed by atoms with E-state index in [9.17, 15) is 0 Å². The zero-order valence-electron chi connectivity index (χ0n) is 12.6. The van der Waals surface area contributed by atoms with Crippen LogP contribution in [0.3, 0.4) is 0 Å². The van der Waals surface area contributed by atoms with Crippen molar-refractivity contribution < 1.29 is 5.21 Å². The van der Waals surface area contributed by atoms with Crippen LogP contribution >= 0.6 is 0 Å². The second kappa shape index (κ2) is 7.64. The lowest BCUT2D eigenvalue weighted by Gasteiger charge is -2.26. The monoisotopic (exact) mass is 280 g/mol. The van der Waals surface area contributed by atoms with Gasteiger partial charge >= 0.3 is 0 Å². The maximum atomic E-state index is 8.61. The topological polar surface area (TPSA) is 90.9 Å². The minimum Gasteiger partial charge on any atom is -0.409 e. The molecule has 7 nitrogen and oxygen atoms in total. The Morgan fingerprint density at radius 3 is 2.45 bits per heavy atom. The summed E-state index contributed by atoms with van der Waals surface area (Å²) in [7, 11) is 4.08. The Morgan fingerprint density at radius 1 is 1.30 bits per heavy atom. The van der Waals surface area contributed by atoms with Gasteiger partial charge in [-0.3, -0.25) is 0 Å². The molecule has 1 heterocycles. The van der Waals surface area contributed by atoms with E-state index in [-0.39, 0.29) is 5.84 Å². The van der Waals surface area contributed by atoms with E-state index in [0.717, 1.165) is 25.5 Å². The van der Waals surface area contributed by atoms with Crippen LogP contribution in [0.4, 0.5) is 5.82 Å². The third-order valence-corrected chi connectivity index (χ3v) is 2.74. The van der Waals surface area contributed by atoms with Crippen LogP contribution in [0.5, 0.6) is 0 Å². The number of aromatic nitrogens is 2. The van der Waals surface area contributed by atoms with E-state index in [1.807, 2.05) is 14.1 Å². The fourth-order valence-corrected chi connectivity index (χ4v) is 1.73. The van der Waals surface area contributed by atoms with Crippen molar-refractivity contribution in [1.82, 2.24) is 14.9 Å². The molecule has 0 fully saturated rings. The Kier molecular flexibility index (Phi) is 6.17. The number of nitrogens with two attached hydrogens (primary N) is 1. The number of hydrogen-bond donors (Lipinski definition) is 2. The molecule has 0 aliphatic carbocycles. The van der Waals surface area contributed by atoms with Crippen molar-refractivity contribution >= 4 is 11.7 Å². The van der Waals surface area contributed by atoms with E-state index in [1.54, 1.807) is 6.20 Å². The van der Waals surface area contributed by atoms with Gasteiger partial charge in [-0.1, -0.05) is 19.0 Å². The molecule has 0 atom stereocenters. The maximum absolute atomic E-state index is 8.61. The summed E-state index contributed by atoms with van der Waals surface area (Å²) < 4.78 is 0. The molecule has 0 spiro atoms. The lowest BCUT2D eigenvalue weighted by molar-refractivity contribution is 0.318.